The number of benzene rings is 1. The van der Waals surface area contributed by atoms with Gasteiger partial charge in [0.1, 0.15) is 0 Å². The van der Waals surface area contributed by atoms with E-state index >= 15 is 0 Å². The van der Waals surface area contributed by atoms with Crippen LogP contribution in [-0.2, 0) is 0 Å². The first-order valence-electron chi connectivity index (χ1n) is 4.18. The highest BCUT2D eigenvalue weighted by atomic mass is 127. The molecule has 1 N–H and O–H groups in total. The van der Waals surface area contributed by atoms with Crippen LogP contribution in [0.1, 0.15) is 25.0 Å². The maximum absolute atomic E-state index is 9.81. The van der Waals surface area contributed by atoms with Gasteiger partial charge in [0.2, 0.25) is 0 Å². The van der Waals surface area contributed by atoms with Crippen molar-refractivity contribution in [3.63, 3.8) is 0 Å². The van der Waals surface area contributed by atoms with Crippen LogP contribution in [0.3, 0.4) is 0 Å². The number of hydrogen-bond donors (Lipinski definition) is 1. The van der Waals surface area contributed by atoms with Gasteiger partial charge in [-0.3, -0.25) is 0 Å². The quantitative estimate of drug-likeness (QED) is 0.668. The second kappa shape index (κ2) is 4.77. The van der Waals surface area contributed by atoms with Crippen molar-refractivity contribution in [3.8, 4) is 0 Å². The fourth-order valence-corrected chi connectivity index (χ4v) is 1.93. The number of hydrogen-bond acceptors (Lipinski definition) is 1. The van der Waals surface area contributed by atoms with Gasteiger partial charge in [0.05, 0.1) is 6.10 Å². The molecule has 0 aliphatic carbocycles. The summed E-state index contributed by atoms with van der Waals surface area (Å²) in [5.74, 6) is 0. The van der Waals surface area contributed by atoms with Crippen LogP contribution in [0.25, 0.3) is 0 Å². The Bertz CT molecular complexity index is 307. The van der Waals surface area contributed by atoms with Crippen LogP contribution in [0.2, 0.25) is 0 Å². The van der Waals surface area contributed by atoms with Crippen molar-refractivity contribution in [1.29, 1.82) is 0 Å². The lowest BCUT2D eigenvalue weighted by molar-refractivity contribution is 0.177. The Balaban J connectivity index is 2.82. The molecule has 70 valence electrons. The predicted octanol–water partition coefficient (Wildman–Crippen LogP) is 3.29. The smallest absolute Gasteiger partial charge is 0.0837 e. The zero-order valence-electron chi connectivity index (χ0n) is 7.63. The molecule has 0 saturated carbocycles. The molecule has 2 heteroatoms. The van der Waals surface area contributed by atoms with Gasteiger partial charge in [-0.2, -0.15) is 0 Å². The third-order valence-corrected chi connectivity index (χ3v) is 2.79. The van der Waals surface area contributed by atoms with E-state index in [1.165, 1.54) is 0 Å². The monoisotopic (exact) mass is 288 g/mol. The van der Waals surface area contributed by atoms with E-state index in [0.717, 1.165) is 14.7 Å². The van der Waals surface area contributed by atoms with Crippen LogP contribution in [0.4, 0.5) is 0 Å². The van der Waals surface area contributed by atoms with Crippen molar-refractivity contribution in [2.45, 2.75) is 19.4 Å². The molecule has 13 heavy (non-hydrogen) atoms. The zero-order valence-corrected chi connectivity index (χ0v) is 9.78. The van der Waals surface area contributed by atoms with Gasteiger partial charge >= 0.3 is 0 Å². The van der Waals surface area contributed by atoms with Gasteiger partial charge < -0.3 is 5.11 Å². The van der Waals surface area contributed by atoms with Crippen LogP contribution in [0.15, 0.2) is 36.4 Å². The molecule has 0 radical (unpaired) electrons. The predicted molar refractivity (Wildman–Crippen MR) is 63.5 cm³/mol. The SMILES string of the molecule is C=C(C)CC(O)c1ccccc1I. The molecule has 0 heterocycles. The summed E-state index contributed by atoms with van der Waals surface area (Å²) in [4.78, 5) is 0. The maximum atomic E-state index is 9.81. The maximum Gasteiger partial charge on any atom is 0.0837 e. The van der Waals surface area contributed by atoms with E-state index in [4.69, 9.17) is 0 Å². The van der Waals surface area contributed by atoms with Crippen molar-refractivity contribution in [2.24, 2.45) is 0 Å². The minimum absolute atomic E-state index is 0.411. The molecule has 1 aromatic carbocycles. The molecule has 0 amide bonds. The van der Waals surface area contributed by atoms with E-state index in [1.807, 2.05) is 31.2 Å². The molecule has 1 nitrogen and oxygen atoms in total. The van der Waals surface area contributed by atoms with E-state index < -0.39 is 6.10 Å². The van der Waals surface area contributed by atoms with Gasteiger partial charge in [-0.15, -0.1) is 6.58 Å². The van der Waals surface area contributed by atoms with E-state index in [9.17, 15) is 5.11 Å². The average Bonchev–Trinajstić information content (AvgIpc) is 2.03. The molecule has 0 bridgehead atoms. The van der Waals surface area contributed by atoms with E-state index in [2.05, 4.69) is 29.2 Å². The molecule has 1 atom stereocenters. The number of aliphatic hydroxyl groups is 1. The summed E-state index contributed by atoms with van der Waals surface area (Å²) in [5.41, 5.74) is 2.00. The van der Waals surface area contributed by atoms with Crippen LogP contribution in [0, 0.1) is 3.57 Å². The minimum atomic E-state index is -0.411. The van der Waals surface area contributed by atoms with Crippen molar-refractivity contribution >= 4 is 22.6 Å². The molecule has 0 spiro atoms. The molecule has 1 rings (SSSR count). The Hall–Kier alpha value is -0.350. The van der Waals surface area contributed by atoms with Gasteiger partial charge in [0, 0.05) is 3.57 Å². The lowest BCUT2D eigenvalue weighted by Gasteiger charge is -2.12. The minimum Gasteiger partial charge on any atom is -0.388 e. The van der Waals surface area contributed by atoms with E-state index in [0.29, 0.717) is 6.42 Å². The van der Waals surface area contributed by atoms with Crippen molar-refractivity contribution in [1.82, 2.24) is 0 Å². The van der Waals surface area contributed by atoms with E-state index in [-0.39, 0.29) is 0 Å². The van der Waals surface area contributed by atoms with Gasteiger partial charge in [-0.05, 0) is 47.6 Å². The highest BCUT2D eigenvalue weighted by molar-refractivity contribution is 14.1. The molecular formula is C11H13IO. The molecule has 0 saturated heterocycles. The normalized spacial score (nSPS) is 12.5. The summed E-state index contributed by atoms with van der Waals surface area (Å²) >= 11 is 2.23. The Labute approximate surface area is 92.6 Å². The summed E-state index contributed by atoms with van der Waals surface area (Å²) in [7, 11) is 0. The summed E-state index contributed by atoms with van der Waals surface area (Å²) in [6.07, 6.45) is 0.227. The number of halogens is 1. The third-order valence-electron chi connectivity index (χ3n) is 1.81. The number of rotatable bonds is 3. The summed E-state index contributed by atoms with van der Waals surface area (Å²) < 4.78 is 1.11. The Morgan fingerprint density at radius 3 is 2.69 bits per heavy atom. The summed E-state index contributed by atoms with van der Waals surface area (Å²) in [5, 5.41) is 9.81. The second-order valence-electron chi connectivity index (χ2n) is 3.20. The Morgan fingerprint density at radius 1 is 1.54 bits per heavy atom. The molecule has 0 aliphatic rings. The van der Waals surface area contributed by atoms with Gasteiger partial charge in [0.25, 0.3) is 0 Å². The summed E-state index contributed by atoms with van der Waals surface area (Å²) in [6, 6.07) is 7.87. The van der Waals surface area contributed by atoms with Gasteiger partial charge in [-0.25, -0.2) is 0 Å². The zero-order chi connectivity index (χ0) is 9.84. The van der Waals surface area contributed by atoms with Gasteiger partial charge in [-0.1, -0.05) is 23.8 Å². The first-order valence-corrected chi connectivity index (χ1v) is 5.26. The van der Waals surface area contributed by atoms with Crippen molar-refractivity contribution < 1.29 is 5.11 Å². The molecule has 1 aromatic rings. The van der Waals surface area contributed by atoms with Crippen LogP contribution < -0.4 is 0 Å². The molecule has 1 unspecified atom stereocenters. The number of aliphatic hydroxyl groups excluding tert-OH is 1. The van der Waals surface area contributed by atoms with Crippen molar-refractivity contribution in [3.05, 3.63) is 45.6 Å². The highest BCUT2D eigenvalue weighted by Gasteiger charge is 2.09. The van der Waals surface area contributed by atoms with E-state index in [1.54, 1.807) is 0 Å². The largest absolute Gasteiger partial charge is 0.388 e. The summed E-state index contributed by atoms with van der Waals surface area (Å²) in [6.45, 7) is 5.72. The average molecular weight is 288 g/mol. The molecule has 0 aromatic heterocycles. The molecule has 0 fully saturated rings. The van der Waals surface area contributed by atoms with Crippen LogP contribution in [0.5, 0.6) is 0 Å². The first kappa shape index (κ1) is 10.7. The van der Waals surface area contributed by atoms with Gasteiger partial charge in [0.15, 0.2) is 0 Å². The van der Waals surface area contributed by atoms with Crippen LogP contribution in [-0.4, -0.2) is 5.11 Å². The molecular weight excluding hydrogens is 275 g/mol. The third kappa shape index (κ3) is 3.12. The highest BCUT2D eigenvalue weighted by Crippen LogP contribution is 2.24. The standard InChI is InChI=1S/C11H13IO/c1-8(2)7-11(13)9-5-3-4-6-10(9)12/h3-6,11,13H,1,7H2,2H3. The lowest BCUT2D eigenvalue weighted by Crippen LogP contribution is -1.99. The fraction of sp³-hybridized carbons (Fsp3) is 0.273. The second-order valence-corrected chi connectivity index (χ2v) is 4.36. The lowest BCUT2D eigenvalue weighted by atomic mass is 10.0. The molecule has 0 aliphatic heterocycles. The first-order chi connectivity index (χ1) is 6.11. The topological polar surface area (TPSA) is 20.2 Å². The fourth-order valence-electron chi connectivity index (χ4n) is 1.19. The van der Waals surface area contributed by atoms with Crippen LogP contribution >= 0.6 is 22.6 Å². The Kier molecular flexibility index (Phi) is 3.93. The van der Waals surface area contributed by atoms with Crippen molar-refractivity contribution in [2.75, 3.05) is 0 Å². The Morgan fingerprint density at radius 2 is 2.15 bits per heavy atom.